The van der Waals surface area contributed by atoms with E-state index in [9.17, 15) is 0 Å². The van der Waals surface area contributed by atoms with Gasteiger partial charge in [-0.1, -0.05) is 57.2 Å². The molecule has 0 spiro atoms. The summed E-state index contributed by atoms with van der Waals surface area (Å²) in [5, 5.41) is 7.75. The minimum atomic E-state index is 0.341. The van der Waals surface area contributed by atoms with Gasteiger partial charge in [0, 0.05) is 33.4 Å². The van der Waals surface area contributed by atoms with Crippen LogP contribution in [0.5, 0.6) is 0 Å². The lowest BCUT2D eigenvalue weighted by Gasteiger charge is -2.36. The number of allylic oxidation sites excluding steroid dienone is 1. The Balaban J connectivity index is 1.28. The zero-order chi connectivity index (χ0) is 25.4. The van der Waals surface area contributed by atoms with Crippen LogP contribution in [0.3, 0.4) is 0 Å². The second kappa shape index (κ2) is 11.3. The third-order valence-electron chi connectivity index (χ3n) is 8.99. The van der Waals surface area contributed by atoms with Gasteiger partial charge in [-0.15, -0.1) is 23.5 Å². The van der Waals surface area contributed by atoms with Crippen LogP contribution in [0.2, 0.25) is 0 Å². The number of hydrogen-bond acceptors (Lipinski definition) is 4. The maximum absolute atomic E-state index is 4.65. The van der Waals surface area contributed by atoms with E-state index >= 15 is 0 Å². The van der Waals surface area contributed by atoms with Gasteiger partial charge in [-0.25, -0.2) is 0 Å². The van der Waals surface area contributed by atoms with Crippen LogP contribution in [0.1, 0.15) is 61.8 Å². The Morgan fingerprint density at radius 3 is 2.16 bits per heavy atom. The van der Waals surface area contributed by atoms with Crippen LogP contribution in [0.25, 0.3) is 11.1 Å². The summed E-state index contributed by atoms with van der Waals surface area (Å²) < 4.78 is 0. The zero-order valence-corrected chi connectivity index (χ0v) is 24.2. The molecule has 37 heavy (non-hydrogen) atoms. The first-order chi connectivity index (χ1) is 18.2. The Hall–Kier alpha value is -1.46. The van der Waals surface area contributed by atoms with Crippen molar-refractivity contribution in [3.8, 4) is 0 Å². The molecule has 0 amide bonds. The van der Waals surface area contributed by atoms with Gasteiger partial charge in [0.15, 0.2) is 0 Å². The van der Waals surface area contributed by atoms with Crippen LogP contribution in [0.4, 0.5) is 0 Å². The first-order valence-corrected chi connectivity index (χ1v) is 16.5. The van der Waals surface area contributed by atoms with Gasteiger partial charge in [0.1, 0.15) is 0 Å². The Morgan fingerprint density at radius 2 is 1.54 bits per heavy atom. The second-order valence-corrected chi connectivity index (χ2v) is 13.6. The summed E-state index contributed by atoms with van der Waals surface area (Å²) in [6.07, 6.45) is 10.4. The highest BCUT2D eigenvalue weighted by Gasteiger charge is 2.43. The highest BCUT2D eigenvalue weighted by Crippen LogP contribution is 2.49. The maximum Gasteiger partial charge on any atom is 0.0354 e. The minimum Gasteiger partial charge on any atom is -0.310 e. The number of nitrogens with one attached hydrogen (secondary N) is 2. The fourth-order valence-electron chi connectivity index (χ4n) is 6.59. The second-order valence-electron chi connectivity index (χ2n) is 11.3. The van der Waals surface area contributed by atoms with Crippen molar-refractivity contribution in [1.29, 1.82) is 0 Å². The Morgan fingerprint density at radius 1 is 0.919 bits per heavy atom. The number of aryl methyl sites for hydroxylation is 2. The van der Waals surface area contributed by atoms with Crippen LogP contribution in [-0.4, -0.2) is 36.7 Å². The lowest BCUT2D eigenvalue weighted by Crippen LogP contribution is -2.40. The fraction of sp³-hybridized carbons (Fsp3) is 0.515. The van der Waals surface area contributed by atoms with Crippen LogP contribution in [0, 0.1) is 17.8 Å². The van der Waals surface area contributed by atoms with Gasteiger partial charge in [0.25, 0.3) is 0 Å². The van der Waals surface area contributed by atoms with E-state index in [4.69, 9.17) is 0 Å². The van der Waals surface area contributed by atoms with Gasteiger partial charge in [-0.2, -0.15) is 0 Å². The Bertz CT molecular complexity index is 1180. The minimum absolute atomic E-state index is 0.341. The predicted molar refractivity (Wildman–Crippen MR) is 163 cm³/mol. The number of rotatable bonds is 11. The molecule has 2 saturated carbocycles. The van der Waals surface area contributed by atoms with E-state index in [1.807, 2.05) is 23.5 Å². The van der Waals surface area contributed by atoms with E-state index in [-0.39, 0.29) is 0 Å². The molecule has 4 atom stereocenters. The average Bonchev–Trinajstić information content (AvgIpc) is 3.25. The lowest BCUT2D eigenvalue weighted by atomic mass is 9.75. The predicted octanol–water partition coefficient (Wildman–Crippen LogP) is 7.47. The van der Waals surface area contributed by atoms with Gasteiger partial charge < -0.3 is 10.6 Å². The number of hydrogen-bond donors (Lipinski definition) is 2. The van der Waals surface area contributed by atoms with Crippen molar-refractivity contribution in [3.63, 3.8) is 0 Å². The molecule has 6 rings (SSSR count). The molecule has 0 bridgehead atoms. The van der Waals surface area contributed by atoms with Crippen molar-refractivity contribution in [2.45, 2.75) is 74.2 Å². The maximum atomic E-state index is 4.65. The van der Waals surface area contributed by atoms with Gasteiger partial charge in [-0.05, 0) is 108 Å². The normalized spacial score (nSPS) is 24.3. The Kier molecular flexibility index (Phi) is 7.91. The molecule has 2 nitrogen and oxygen atoms in total. The standard InChI is InChI=1S/C33H42N2S2/c1-4-34-32(21(3)25-11-9-22-13-15-36-30(22)19-25)29-18-27(29)17-28(33(35-5-2)24-7-6-8-24)26-12-10-23-14-16-37-31(23)20-26/h9-12,17,19-20,24,27,29,32-35H,3-8,13-16,18H2,1-2H3/b28-17-. The number of likely N-dealkylation sites (N-methyl/N-ethyl adjacent to an activating group) is 2. The first-order valence-electron chi connectivity index (χ1n) is 14.6. The summed E-state index contributed by atoms with van der Waals surface area (Å²) >= 11 is 4.04. The van der Waals surface area contributed by atoms with E-state index in [0.29, 0.717) is 23.9 Å². The van der Waals surface area contributed by atoms with Crippen LogP contribution in [0.15, 0.2) is 58.8 Å². The molecule has 4 heteroatoms. The van der Waals surface area contributed by atoms with Crippen LogP contribution < -0.4 is 10.6 Å². The third-order valence-corrected chi connectivity index (χ3v) is 11.2. The van der Waals surface area contributed by atoms with Crippen molar-refractivity contribution in [2.24, 2.45) is 17.8 Å². The molecule has 2 aliphatic heterocycles. The van der Waals surface area contributed by atoms with Gasteiger partial charge in [0.2, 0.25) is 0 Å². The summed E-state index contributed by atoms with van der Waals surface area (Å²) in [5.74, 6) is 4.45. The summed E-state index contributed by atoms with van der Waals surface area (Å²) in [4.78, 5) is 2.97. The highest BCUT2D eigenvalue weighted by molar-refractivity contribution is 7.99. The molecular formula is C33H42N2S2. The molecule has 196 valence electrons. The molecule has 0 aromatic heterocycles. The third kappa shape index (κ3) is 5.37. The summed E-state index contributed by atoms with van der Waals surface area (Å²) in [6.45, 7) is 11.2. The molecular weight excluding hydrogens is 489 g/mol. The van der Waals surface area contributed by atoms with E-state index < -0.39 is 0 Å². The van der Waals surface area contributed by atoms with Crippen molar-refractivity contribution in [1.82, 2.24) is 10.6 Å². The number of thioether (sulfide) groups is 2. The van der Waals surface area contributed by atoms with Gasteiger partial charge in [-0.3, -0.25) is 0 Å². The molecule has 2 aromatic rings. The van der Waals surface area contributed by atoms with Crippen molar-refractivity contribution < 1.29 is 0 Å². The van der Waals surface area contributed by atoms with Crippen LogP contribution in [-0.2, 0) is 12.8 Å². The molecule has 2 heterocycles. The molecule has 2 aromatic carbocycles. The molecule has 4 aliphatic rings. The van der Waals surface area contributed by atoms with E-state index in [0.717, 1.165) is 19.0 Å². The Labute approximate surface area is 232 Å². The number of fused-ring (bicyclic) bond motifs is 2. The molecule has 2 N–H and O–H groups in total. The van der Waals surface area contributed by atoms with Gasteiger partial charge >= 0.3 is 0 Å². The molecule has 2 aliphatic carbocycles. The number of benzene rings is 2. The van der Waals surface area contributed by atoms with Crippen LogP contribution >= 0.6 is 23.5 Å². The molecule has 4 unspecified atom stereocenters. The first kappa shape index (κ1) is 25.8. The summed E-state index contributed by atoms with van der Waals surface area (Å²) in [6, 6.07) is 15.2. The zero-order valence-electron chi connectivity index (χ0n) is 22.5. The van der Waals surface area contributed by atoms with Gasteiger partial charge in [0.05, 0.1) is 0 Å². The topological polar surface area (TPSA) is 24.1 Å². The quantitative estimate of drug-likeness (QED) is 0.315. The van der Waals surface area contributed by atoms with Crippen molar-refractivity contribution >= 4 is 34.7 Å². The fourth-order valence-corrected chi connectivity index (χ4v) is 8.80. The molecule has 2 fully saturated rings. The van der Waals surface area contributed by atoms with E-state index in [1.165, 1.54) is 87.6 Å². The van der Waals surface area contributed by atoms with Crippen molar-refractivity contribution in [3.05, 3.63) is 71.3 Å². The average molecular weight is 531 g/mol. The van der Waals surface area contributed by atoms with E-state index in [1.54, 1.807) is 5.57 Å². The summed E-state index contributed by atoms with van der Waals surface area (Å²) in [5.41, 5.74) is 8.66. The summed E-state index contributed by atoms with van der Waals surface area (Å²) in [7, 11) is 0. The smallest absolute Gasteiger partial charge is 0.0354 e. The highest BCUT2D eigenvalue weighted by atomic mass is 32.2. The lowest BCUT2D eigenvalue weighted by molar-refractivity contribution is 0.267. The van der Waals surface area contributed by atoms with E-state index in [2.05, 4.69) is 73.5 Å². The molecule has 0 saturated heterocycles. The SMILES string of the molecule is C=C(c1ccc2c(c1)SCC2)C(NCC)C1CC1/C=C(/c1ccc2c(c1)SCC2)C(NCC)C1CCC1. The molecule has 0 radical (unpaired) electrons. The monoisotopic (exact) mass is 530 g/mol. The largest absolute Gasteiger partial charge is 0.310 e. The van der Waals surface area contributed by atoms with Crippen molar-refractivity contribution in [2.75, 3.05) is 24.6 Å².